The van der Waals surface area contributed by atoms with E-state index in [1.54, 1.807) is 11.8 Å². The molecule has 0 saturated heterocycles. The molecule has 0 unspecified atom stereocenters. The van der Waals surface area contributed by atoms with Crippen molar-refractivity contribution in [2.75, 3.05) is 6.26 Å². The molecule has 1 aliphatic heterocycles. The van der Waals surface area contributed by atoms with Crippen molar-refractivity contribution in [3.8, 4) is 17.0 Å². The Balaban J connectivity index is 1.83. The van der Waals surface area contributed by atoms with Crippen LogP contribution in [0.2, 0.25) is 0 Å². The fourth-order valence-corrected chi connectivity index (χ4v) is 2.76. The first-order valence-electron chi connectivity index (χ1n) is 6.78. The lowest BCUT2D eigenvalue weighted by Crippen LogP contribution is -2.31. The van der Waals surface area contributed by atoms with Crippen LogP contribution < -0.4 is 10.1 Å². The normalized spacial score (nSPS) is 19.9. The minimum Gasteiger partial charge on any atom is -0.470 e. The lowest BCUT2D eigenvalue weighted by Gasteiger charge is -2.28. The summed E-state index contributed by atoms with van der Waals surface area (Å²) in [5.41, 5.74) is 3.08. The predicted molar refractivity (Wildman–Crippen MR) is 78.8 cm³/mol. The van der Waals surface area contributed by atoms with Crippen LogP contribution >= 0.6 is 11.8 Å². The van der Waals surface area contributed by atoms with E-state index in [2.05, 4.69) is 21.4 Å². The number of nitrogens with one attached hydrogen (secondary N) is 1. The van der Waals surface area contributed by atoms with Crippen molar-refractivity contribution >= 4 is 11.8 Å². The summed E-state index contributed by atoms with van der Waals surface area (Å²) in [4.78, 5) is 9.08. The van der Waals surface area contributed by atoms with Gasteiger partial charge in [0.25, 0.3) is 0 Å². The number of ether oxygens (including phenoxy) is 1. The Kier molecular flexibility index (Phi) is 2.89. The van der Waals surface area contributed by atoms with Gasteiger partial charge in [-0.15, -0.1) is 0 Å². The minimum absolute atomic E-state index is 0.136. The second-order valence-electron chi connectivity index (χ2n) is 5.10. The fraction of sp³-hybridized carbons (Fsp3) is 0.333. The Hall–Kier alpha value is -1.59. The van der Waals surface area contributed by atoms with Gasteiger partial charge in [-0.05, 0) is 31.2 Å². The van der Waals surface area contributed by atoms with Crippen LogP contribution in [0.1, 0.15) is 24.6 Å². The molecule has 0 bridgehead atoms. The van der Waals surface area contributed by atoms with Gasteiger partial charge in [-0.25, -0.2) is 9.97 Å². The van der Waals surface area contributed by atoms with Crippen molar-refractivity contribution in [3.05, 3.63) is 36.0 Å². The molecule has 1 aliphatic carbocycles. The molecule has 2 heterocycles. The van der Waals surface area contributed by atoms with Gasteiger partial charge in [0.05, 0.1) is 11.3 Å². The Morgan fingerprint density at radius 3 is 2.95 bits per heavy atom. The van der Waals surface area contributed by atoms with Crippen molar-refractivity contribution in [1.82, 2.24) is 15.3 Å². The number of hydrogen-bond acceptors (Lipinski definition) is 5. The van der Waals surface area contributed by atoms with E-state index < -0.39 is 0 Å². The summed E-state index contributed by atoms with van der Waals surface area (Å²) >= 11 is 1.56. The standard InChI is InChI=1S/C15H15N3OS/c1-20-15-16-8-11-13(18-15)10-4-2-3-5-12(10)19-14(11)17-9-6-7-9/h2-5,8-9,14,17H,6-7H2,1H3/t14-/m1/s1. The monoisotopic (exact) mass is 285 g/mol. The van der Waals surface area contributed by atoms with E-state index >= 15 is 0 Å². The predicted octanol–water partition coefficient (Wildman–Crippen LogP) is 3.01. The van der Waals surface area contributed by atoms with E-state index in [4.69, 9.17) is 4.74 Å². The Morgan fingerprint density at radius 2 is 2.15 bits per heavy atom. The quantitative estimate of drug-likeness (QED) is 0.694. The Morgan fingerprint density at radius 1 is 1.30 bits per heavy atom. The number of para-hydroxylation sites is 1. The fourth-order valence-electron chi connectivity index (χ4n) is 2.42. The highest BCUT2D eigenvalue weighted by Crippen LogP contribution is 2.41. The molecule has 1 fully saturated rings. The van der Waals surface area contributed by atoms with E-state index in [1.807, 2.05) is 30.7 Å². The summed E-state index contributed by atoms with van der Waals surface area (Å²) in [6.07, 6.45) is 6.20. The Bertz CT molecular complexity index is 657. The first-order chi connectivity index (χ1) is 9.85. The van der Waals surface area contributed by atoms with Crippen LogP contribution in [0.5, 0.6) is 5.75 Å². The summed E-state index contributed by atoms with van der Waals surface area (Å²) in [5.74, 6) is 0.893. The first-order valence-corrected chi connectivity index (χ1v) is 8.00. The van der Waals surface area contributed by atoms with E-state index in [0.29, 0.717) is 6.04 Å². The number of nitrogens with zero attached hydrogens (tertiary/aromatic N) is 2. The number of thioether (sulfide) groups is 1. The zero-order valence-electron chi connectivity index (χ0n) is 11.2. The molecule has 4 nitrogen and oxygen atoms in total. The first kappa shape index (κ1) is 12.2. The second-order valence-corrected chi connectivity index (χ2v) is 5.87. The summed E-state index contributed by atoms with van der Waals surface area (Å²) in [6, 6.07) is 8.63. The van der Waals surface area contributed by atoms with Gasteiger partial charge < -0.3 is 4.74 Å². The van der Waals surface area contributed by atoms with Gasteiger partial charge in [0.15, 0.2) is 11.4 Å². The van der Waals surface area contributed by atoms with Crippen LogP contribution in [-0.2, 0) is 0 Å². The van der Waals surface area contributed by atoms with E-state index in [-0.39, 0.29) is 6.23 Å². The van der Waals surface area contributed by atoms with Crippen LogP contribution in [0.25, 0.3) is 11.3 Å². The number of hydrogen-bond donors (Lipinski definition) is 1. The van der Waals surface area contributed by atoms with Crippen LogP contribution in [0, 0.1) is 0 Å². The number of aromatic nitrogens is 2. The highest BCUT2D eigenvalue weighted by atomic mass is 32.2. The number of rotatable bonds is 3. The molecule has 5 heteroatoms. The van der Waals surface area contributed by atoms with Gasteiger partial charge in [0.1, 0.15) is 5.75 Å². The maximum absolute atomic E-state index is 6.08. The van der Waals surface area contributed by atoms with Crippen molar-refractivity contribution in [1.29, 1.82) is 0 Å². The molecular weight excluding hydrogens is 270 g/mol. The number of benzene rings is 1. The third-order valence-electron chi connectivity index (χ3n) is 3.61. The summed E-state index contributed by atoms with van der Waals surface area (Å²) < 4.78 is 6.08. The molecule has 2 aliphatic rings. The third kappa shape index (κ3) is 2.07. The van der Waals surface area contributed by atoms with Crippen LogP contribution in [-0.4, -0.2) is 22.3 Å². The molecule has 0 amide bonds. The molecule has 1 atom stereocenters. The highest BCUT2D eigenvalue weighted by Gasteiger charge is 2.32. The van der Waals surface area contributed by atoms with Gasteiger partial charge in [-0.1, -0.05) is 23.9 Å². The lowest BCUT2D eigenvalue weighted by molar-refractivity contribution is 0.159. The summed E-state index contributed by atoms with van der Waals surface area (Å²) in [7, 11) is 0. The molecule has 4 rings (SSSR count). The molecule has 20 heavy (non-hydrogen) atoms. The minimum atomic E-state index is -0.136. The summed E-state index contributed by atoms with van der Waals surface area (Å²) in [6.45, 7) is 0. The second kappa shape index (κ2) is 4.75. The van der Waals surface area contributed by atoms with Crippen LogP contribution in [0.4, 0.5) is 0 Å². The van der Waals surface area contributed by atoms with E-state index in [9.17, 15) is 0 Å². The molecule has 1 aromatic carbocycles. The van der Waals surface area contributed by atoms with Gasteiger partial charge in [-0.3, -0.25) is 5.32 Å². The van der Waals surface area contributed by atoms with E-state index in [1.165, 1.54) is 12.8 Å². The topological polar surface area (TPSA) is 47.0 Å². The SMILES string of the molecule is CSc1ncc2c(n1)-c1ccccc1O[C@H]2NC1CC1. The van der Waals surface area contributed by atoms with E-state index in [0.717, 1.165) is 27.7 Å². The highest BCUT2D eigenvalue weighted by molar-refractivity contribution is 7.98. The van der Waals surface area contributed by atoms with Gasteiger partial charge in [0, 0.05) is 17.8 Å². The molecule has 1 aromatic heterocycles. The maximum Gasteiger partial charge on any atom is 0.187 e. The van der Waals surface area contributed by atoms with Crippen LogP contribution in [0.3, 0.4) is 0 Å². The van der Waals surface area contributed by atoms with Crippen molar-refractivity contribution < 1.29 is 4.74 Å². The van der Waals surface area contributed by atoms with Crippen molar-refractivity contribution in [2.45, 2.75) is 30.3 Å². The zero-order valence-corrected chi connectivity index (χ0v) is 12.0. The maximum atomic E-state index is 6.08. The zero-order chi connectivity index (χ0) is 13.5. The molecule has 0 radical (unpaired) electrons. The third-order valence-corrected chi connectivity index (χ3v) is 4.17. The van der Waals surface area contributed by atoms with Gasteiger partial charge >= 0.3 is 0 Å². The summed E-state index contributed by atoms with van der Waals surface area (Å²) in [5, 5.41) is 4.32. The van der Waals surface area contributed by atoms with Gasteiger partial charge in [0.2, 0.25) is 0 Å². The largest absolute Gasteiger partial charge is 0.470 e. The molecule has 102 valence electrons. The molecular formula is C15H15N3OS. The van der Waals surface area contributed by atoms with Crippen LogP contribution in [0.15, 0.2) is 35.6 Å². The van der Waals surface area contributed by atoms with Crippen molar-refractivity contribution in [3.63, 3.8) is 0 Å². The Labute approximate surface area is 122 Å². The average Bonchev–Trinajstić information content (AvgIpc) is 3.31. The molecule has 1 N–H and O–H groups in total. The molecule has 1 saturated carbocycles. The smallest absolute Gasteiger partial charge is 0.187 e. The lowest BCUT2D eigenvalue weighted by atomic mass is 10.0. The van der Waals surface area contributed by atoms with Crippen molar-refractivity contribution in [2.24, 2.45) is 0 Å². The van der Waals surface area contributed by atoms with Gasteiger partial charge in [-0.2, -0.15) is 0 Å². The average molecular weight is 285 g/mol. The molecule has 0 spiro atoms. The number of fused-ring (bicyclic) bond motifs is 3. The molecule has 2 aromatic rings.